The summed E-state index contributed by atoms with van der Waals surface area (Å²) < 4.78 is 31.7. The molecule has 1 aliphatic heterocycles. The van der Waals surface area contributed by atoms with Gasteiger partial charge in [-0.2, -0.15) is 0 Å². The van der Waals surface area contributed by atoms with Gasteiger partial charge in [-0.1, -0.05) is 6.07 Å². The van der Waals surface area contributed by atoms with Crippen LogP contribution in [0, 0.1) is 17.6 Å². The Morgan fingerprint density at radius 3 is 2.57 bits per heavy atom. The number of amides is 2. The third-order valence-electron chi connectivity index (χ3n) is 4.32. The molecule has 0 aromatic heterocycles. The van der Waals surface area contributed by atoms with E-state index >= 15 is 0 Å². The van der Waals surface area contributed by atoms with Crippen LogP contribution in [0.4, 0.5) is 20.2 Å². The van der Waals surface area contributed by atoms with Gasteiger partial charge in [-0.25, -0.2) is 13.6 Å². The Balaban J connectivity index is 1.71. The van der Waals surface area contributed by atoms with Crippen LogP contribution in [0.3, 0.4) is 0 Å². The van der Waals surface area contributed by atoms with Crippen molar-refractivity contribution in [1.82, 2.24) is 0 Å². The van der Waals surface area contributed by atoms with Gasteiger partial charge in [-0.05, 0) is 43.7 Å². The fourth-order valence-corrected chi connectivity index (χ4v) is 3.04. The zero-order valence-corrected chi connectivity index (χ0v) is 15.1. The summed E-state index contributed by atoms with van der Waals surface area (Å²) in [6.07, 6.45) is 0.209. The van der Waals surface area contributed by atoms with E-state index in [1.165, 1.54) is 11.0 Å². The largest absolute Gasteiger partial charge is 0.462 e. The Kier molecular flexibility index (Phi) is 5.67. The SMILES string of the molecule is CCOC(=O)c1cccc(NC(=O)C2CCN(c3cc(F)cc(F)c3)C2=O)c1. The van der Waals surface area contributed by atoms with Gasteiger partial charge in [0.15, 0.2) is 0 Å². The van der Waals surface area contributed by atoms with Crippen molar-refractivity contribution < 1.29 is 27.9 Å². The van der Waals surface area contributed by atoms with Crippen LogP contribution in [-0.4, -0.2) is 30.9 Å². The summed E-state index contributed by atoms with van der Waals surface area (Å²) in [7, 11) is 0. The fraction of sp³-hybridized carbons (Fsp3) is 0.250. The van der Waals surface area contributed by atoms with E-state index < -0.39 is 35.3 Å². The van der Waals surface area contributed by atoms with Crippen LogP contribution in [0.2, 0.25) is 0 Å². The molecule has 1 fully saturated rings. The van der Waals surface area contributed by atoms with Crippen molar-refractivity contribution in [1.29, 1.82) is 0 Å². The fourth-order valence-electron chi connectivity index (χ4n) is 3.04. The summed E-state index contributed by atoms with van der Waals surface area (Å²) in [6.45, 7) is 2.08. The summed E-state index contributed by atoms with van der Waals surface area (Å²) >= 11 is 0. The number of carbonyl (C=O) groups is 3. The molecular formula is C20H18F2N2O4. The predicted molar refractivity (Wildman–Crippen MR) is 97.8 cm³/mol. The van der Waals surface area contributed by atoms with Gasteiger partial charge >= 0.3 is 5.97 Å². The van der Waals surface area contributed by atoms with Gasteiger partial charge in [0.2, 0.25) is 11.8 Å². The molecule has 2 aromatic rings. The van der Waals surface area contributed by atoms with E-state index in [1.54, 1.807) is 25.1 Å². The minimum absolute atomic E-state index is 0.0714. The highest BCUT2D eigenvalue weighted by molar-refractivity contribution is 6.13. The monoisotopic (exact) mass is 388 g/mol. The van der Waals surface area contributed by atoms with Crippen LogP contribution < -0.4 is 10.2 Å². The second-order valence-electron chi connectivity index (χ2n) is 6.25. The number of esters is 1. The Bertz CT molecular complexity index is 912. The maximum Gasteiger partial charge on any atom is 0.338 e. The average molecular weight is 388 g/mol. The summed E-state index contributed by atoms with van der Waals surface area (Å²) in [5, 5.41) is 2.60. The van der Waals surface area contributed by atoms with Crippen LogP contribution >= 0.6 is 0 Å². The predicted octanol–water partition coefficient (Wildman–Crippen LogP) is 3.13. The van der Waals surface area contributed by atoms with Gasteiger partial charge < -0.3 is 15.0 Å². The molecule has 8 heteroatoms. The van der Waals surface area contributed by atoms with E-state index in [0.717, 1.165) is 12.1 Å². The molecule has 1 unspecified atom stereocenters. The van der Waals surface area contributed by atoms with Gasteiger partial charge in [0.1, 0.15) is 17.6 Å². The van der Waals surface area contributed by atoms with Gasteiger partial charge in [0, 0.05) is 24.0 Å². The summed E-state index contributed by atoms with van der Waals surface area (Å²) in [5.41, 5.74) is 0.690. The maximum absolute atomic E-state index is 13.4. The number of nitrogens with one attached hydrogen (secondary N) is 1. The first-order valence-corrected chi connectivity index (χ1v) is 8.74. The second-order valence-corrected chi connectivity index (χ2v) is 6.25. The first-order valence-electron chi connectivity index (χ1n) is 8.74. The van der Waals surface area contributed by atoms with Gasteiger partial charge in [-0.15, -0.1) is 0 Å². The van der Waals surface area contributed by atoms with E-state index in [-0.39, 0.29) is 30.8 Å². The molecule has 0 saturated carbocycles. The van der Waals surface area contributed by atoms with Crippen molar-refractivity contribution in [3.8, 4) is 0 Å². The maximum atomic E-state index is 13.4. The van der Waals surface area contributed by atoms with Crippen LogP contribution in [0.25, 0.3) is 0 Å². The number of benzene rings is 2. The van der Waals surface area contributed by atoms with E-state index in [4.69, 9.17) is 4.74 Å². The number of halogens is 2. The van der Waals surface area contributed by atoms with E-state index in [2.05, 4.69) is 5.32 Å². The zero-order valence-electron chi connectivity index (χ0n) is 15.1. The normalized spacial score (nSPS) is 16.2. The molecule has 0 spiro atoms. The quantitative estimate of drug-likeness (QED) is 0.631. The number of ether oxygens (including phenoxy) is 1. The number of nitrogens with zero attached hydrogens (tertiary/aromatic N) is 1. The van der Waals surface area contributed by atoms with Crippen molar-refractivity contribution in [2.75, 3.05) is 23.4 Å². The van der Waals surface area contributed by atoms with Crippen molar-refractivity contribution in [2.45, 2.75) is 13.3 Å². The molecule has 1 heterocycles. The molecule has 6 nitrogen and oxygen atoms in total. The van der Waals surface area contributed by atoms with Crippen LogP contribution in [0.15, 0.2) is 42.5 Å². The molecule has 146 valence electrons. The first-order chi connectivity index (χ1) is 13.4. The zero-order chi connectivity index (χ0) is 20.3. The van der Waals surface area contributed by atoms with Gasteiger partial charge in [0.05, 0.1) is 12.2 Å². The highest BCUT2D eigenvalue weighted by Crippen LogP contribution is 2.27. The summed E-state index contributed by atoms with van der Waals surface area (Å²) in [5.74, 6) is -4.19. The molecule has 3 rings (SSSR count). The van der Waals surface area contributed by atoms with Crippen LogP contribution in [0.1, 0.15) is 23.7 Å². The molecule has 2 aromatic carbocycles. The molecule has 1 N–H and O–H groups in total. The lowest BCUT2D eigenvalue weighted by Gasteiger charge is -2.17. The average Bonchev–Trinajstić information content (AvgIpc) is 3.03. The molecule has 0 radical (unpaired) electrons. The number of hydrogen-bond acceptors (Lipinski definition) is 4. The molecule has 1 aliphatic rings. The van der Waals surface area contributed by atoms with Crippen molar-refractivity contribution in [2.24, 2.45) is 5.92 Å². The summed E-state index contributed by atoms with van der Waals surface area (Å²) in [6, 6.07) is 8.97. The van der Waals surface area contributed by atoms with Crippen LogP contribution in [0.5, 0.6) is 0 Å². The number of carbonyl (C=O) groups excluding carboxylic acids is 3. The van der Waals surface area contributed by atoms with E-state index in [9.17, 15) is 23.2 Å². The molecule has 0 aliphatic carbocycles. The standard InChI is InChI=1S/C20H18F2N2O4/c1-2-28-20(27)12-4-3-5-15(8-12)23-18(25)17-6-7-24(19(17)26)16-10-13(21)9-14(22)11-16/h3-5,8-11,17H,2,6-7H2,1H3,(H,23,25). The van der Waals surface area contributed by atoms with Crippen molar-refractivity contribution >= 4 is 29.2 Å². The molecule has 1 atom stereocenters. The molecule has 28 heavy (non-hydrogen) atoms. The Morgan fingerprint density at radius 2 is 1.89 bits per heavy atom. The van der Waals surface area contributed by atoms with Gasteiger partial charge in [-0.3, -0.25) is 9.59 Å². The lowest BCUT2D eigenvalue weighted by Crippen LogP contribution is -2.33. The molecule has 2 amide bonds. The minimum atomic E-state index is -0.988. The lowest BCUT2D eigenvalue weighted by molar-refractivity contribution is -0.129. The van der Waals surface area contributed by atoms with Gasteiger partial charge in [0.25, 0.3) is 0 Å². The molecule has 1 saturated heterocycles. The first kappa shape index (κ1) is 19.5. The van der Waals surface area contributed by atoms with E-state index in [1.807, 2.05) is 0 Å². The third-order valence-corrected chi connectivity index (χ3v) is 4.32. The van der Waals surface area contributed by atoms with Crippen molar-refractivity contribution in [3.63, 3.8) is 0 Å². The second kappa shape index (κ2) is 8.16. The Morgan fingerprint density at radius 1 is 1.18 bits per heavy atom. The van der Waals surface area contributed by atoms with Crippen molar-refractivity contribution in [3.05, 3.63) is 59.7 Å². The number of anilines is 2. The molecule has 0 bridgehead atoms. The Hall–Kier alpha value is -3.29. The third kappa shape index (κ3) is 4.16. The highest BCUT2D eigenvalue weighted by atomic mass is 19.1. The lowest BCUT2D eigenvalue weighted by atomic mass is 10.1. The smallest absolute Gasteiger partial charge is 0.338 e. The van der Waals surface area contributed by atoms with Crippen LogP contribution in [-0.2, 0) is 14.3 Å². The minimum Gasteiger partial charge on any atom is -0.462 e. The molecular weight excluding hydrogens is 370 g/mol. The topological polar surface area (TPSA) is 75.7 Å². The van der Waals surface area contributed by atoms with E-state index in [0.29, 0.717) is 11.8 Å². The highest BCUT2D eigenvalue weighted by Gasteiger charge is 2.38. The number of hydrogen-bond donors (Lipinski definition) is 1. The number of rotatable bonds is 5. The summed E-state index contributed by atoms with van der Waals surface area (Å²) in [4.78, 5) is 38.1. The Labute approximate surface area is 160 Å².